The molecule has 31 heavy (non-hydrogen) atoms. The van der Waals surface area contributed by atoms with Crippen LogP contribution in [-0.2, 0) is 24.5 Å². The smallest absolute Gasteiger partial charge is 0.242 e. The molecule has 3 atom stereocenters. The number of amides is 1. The largest absolute Gasteiger partial charge is 0.322 e. The molecule has 8 nitrogen and oxygen atoms in total. The number of fused-ring (bicyclic) bond motifs is 1. The number of carbonyl (C=O) groups excluding carboxylic acids is 1. The van der Waals surface area contributed by atoms with E-state index in [0.717, 1.165) is 10.3 Å². The van der Waals surface area contributed by atoms with Crippen LogP contribution in [-0.4, -0.2) is 62.9 Å². The van der Waals surface area contributed by atoms with Crippen molar-refractivity contribution in [1.29, 1.82) is 5.26 Å². The highest BCUT2D eigenvalue weighted by Gasteiger charge is 2.48. The summed E-state index contributed by atoms with van der Waals surface area (Å²) in [4.78, 5) is 13.7. The summed E-state index contributed by atoms with van der Waals surface area (Å²) in [6.07, 6.45) is -1.56. The van der Waals surface area contributed by atoms with Gasteiger partial charge >= 0.3 is 0 Å². The van der Waals surface area contributed by atoms with Crippen molar-refractivity contribution in [2.75, 3.05) is 12.3 Å². The van der Waals surface area contributed by atoms with Gasteiger partial charge in [0, 0.05) is 16.9 Å². The number of halogens is 2. The van der Waals surface area contributed by atoms with E-state index in [9.17, 15) is 26.0 Å². The number of benzene rings is 1. The standard InChI is InChI=1S/C19H21ClFN3O5S2/c1-19(2,17(23)18(25)24-8-13(21)6-14(24)7-22)31(28,29)10-11-9-30(26,27)16-4-3-12(20)5-15(11)16/h3-5,9,13-14,17H,6,8,10,23H2,1-2H3/t13-,14-,17+/m0/s1. The maximum atomic E-state index is 13.7. The van der Waals surface area contributed by atoms with Crippen LogP contribution >= 0.6 is 11.6 Å². The molecular weight excluding hydrogens is 469 g/mol. The summed E-state index contributed by atoms with van der Waals surface area (Å²) < 4.78 is 63.1. The van der Waals surface area contributed by atoms with E-state index in [2.05, 4.69) is 0 Å². The van der Waals surface area contributed by atoms with Crippen LogP contribution in [0.1, 0.15) is 25.8 Å². The number of hydrogen-bond donors (Lipinski definition) is 1. The fourth-order valence-corrected chi connectivity index (χ4v) is 6.89. The Morgan fingerprint density at radius 1 is 1.45 bits per heavy atom. The van der Waals surface area contributed by atoms with E-state index in [1.54, 1.807) is 0 Å². The molecule has 2 aliphatic rings. The molecule has 1 amide bonds. The zero-order chi connectivity index (χ0) is 23.4. The van der Waals surface area contributed by atoms with Crippen LogP contribution in [0.3, 0.4) is 0 Å². The maximum absolute atomic E-state index is 13.7. The van der Waals surface area contributed by atoms with Gasteiger partial charge in [-0.05, 0) is 43.2 Å². The molecule has 0 spiro atoms. The van der Waals surface area contributed by atoms with Gasteiger partial charge in [0.1, 0.15) is 18.3 Å². The van der Waals surface area contributed by atoms with E-state index in [1.807, 2.05) is 6.07 Å². The summed E-state index contributed by atoms with van der Waals surface area (Å²) in [6.45, 7) is 2.16. The molecule has 0 aliphatic carbocycles. The van der Waals surface area contributed by atoms with Crippen molar-refractivity contribution in [2.45, 2.75) is 48.2 Å². The van der Waals surface area contributed by atoms with Crippen molar-refractivity contribution in [2.24, 2.45) is 5.73 Å². The van der Waals surface area contributed by atoms with Crippen LogP contribution in [0.2, 0.25) is 5.02 Å². The van der Waals surface area contributed by atoms with Crippen LogP contribution < -0.4 is 5.73 Å². The zero-order valence-electron chi connectivity index (χ0n) is 16.7. The third-order valence-corrected chi connectivity index (χ3v) is 10.1. The summed E-state index contributed by atoms with van der Waals surface area (Å²) in [5, 5.41) is 10.3. The Hall–Kier alpha value is -2.00. The second-order valence-corrected chi connectivity index (χ2v) is 12.9. The summed E-state index contributed by atoms with van der Waals surface area (Å²) in [5.41, 5.74) is 6.20. The van der Waals surface area contributed by atoms with E-state index in [0.29, 0.717) is 0 Å². The highest BCUT2D eigenvalue weighted by atomic mass is 35.5. The highest BCUT2D eigenvalue weighted by Crippen LogP contribution is 2.38. The Bertz CT molecular complexity index is 1220. The van der Waals surface area contributed by atoms with E-state index in [-0.39, 0.29) is 34.0 Å². The molecule has 1 saturated heterocycles. The van der Waals surface area contributed by atoms with Gasteiger partial charge in [-0.3, -0.25) is 4.79 Å². The number of carbonyl (C=O) groups is 1. The van der Waals surface area contributed by atoms with Gasteiger partial charge in [-0.25, -0.2) is 21.2 Å². The van der Waals surface area contributed by atoms with Gasteiger partial charge in [0.25, 0.3) is 0 Å². The van der Waals surface area contributed by atoms with Gasteiger partial charge < -0.3 is 10.6 Å². The van der Waals surface area contributed by atoms with Crippen LogP contribution in [0, 0.1) is 11.3 Å². The van der Waals surface area contributed by atoms with Gasteiger partial charge in [-0.2, -0.15) is 5.26 Å². The van der Waals surface area contributed by atoms with Crippen LogP contribution in [0.5, 0.6) is 0 Å². The first kappa shape index (κ1) is 23.7. The lowest BCUT2D eigenvalue weighted by atomic mass is 10.0. The van der Waals surface area contributed by atoms with Gasteiger partial charge in [0.05, 0.1) is 28.0 Å². The molecular formula is C19H21ClFN3O5S2. The van der Waals surface area contributed by atoms with Crippen molar-refractivity contribution in [3.8, 4) is 6.07 Å². The topological polar surface area (TPSA) is 138 Å². The number of sulfone groups is 2. The third-order valence-electron chi connectivity index (χ3n) is 5.74. The average Bonchev–Trinajstić information content (AvgIpc) is 3.16. The molecule has 2 heterocycles. The molecule has 2 N–H and O–H groups in total. The lowest BCUT2D eigenvalue weighted by Gasteiger charge is -2.33. The first-order valence-electron chi connectivity index (χ1n) is 9.29. The number of alkyl halides is 1. The maximum Gasteiger partial charge on any atom is 0.242 e. The minimum atomic E-state index is -4.19. The summed E-state index contributed by atoms with van der Waals surface area (Å²) in [6, 6.07) is 3.27. The fraction of sp³-hybridized carbons (Fsp3) is 0.474. The Morgan fingerprint density at radius 3 is 2.71 bits per heavy atom. The summed E-state index contributed by atoms with van der Waals surface area (Å²) >= 11 is 5.95. The van der Waals surface area contributed by atoms with Crippen molar-refractivity contribution in [3.63, 3.8) is 0 Å². The first-order valence-corrected chi connectivity index (χ1v) is 12.9. The van der Waals surface area contributed by atoms with Crippen LogP contribution in [0.4, 0.5) is 4.39 Å². The number of nitriles is 1. The van der Waals surface area contributed by atoms with E-state index < -0.39 is 54.3 Å². The Kier molecular flexibility index (Phi) is 5.99. The molecule has 12 heteroatoms. The molecule has 0 bridgehead atoms. The van der Waals surface area contributed by atoms with Gasteiger partial charge in [-0.15, -0.1) is 0 Å². The Labute approximate surface area is 185 Å². The molecule has 1 aromatic carbocycles. The second kappa shape index (κ2) is 7.85. The zero-order valence-corrected chi connectivity index (χ0v) is 19.1. The lowest BCUT2D eigenvalue weighted by molar-refractivity contribution is -0.133. The van der Waals surface area contributed by atoms with Crippen LogP contribution in [0.25, 0.3) is 5.57 Å². The number of hydrogen-bond acceptors (Lipinski definition) is 7. The van der Waals surface area contributed by atoms with Gasteiger partial charge in [-0.1, -0.05) is 11.6 Å². The molecule has 3 rings (SSSR count). The Morgan fingerprint density at radius 2 is 2.10 bits per heavy atom. The summed E-state index contributed by atoms with van der Waals surface area (Å²) in [7, 11) is -8.01. The van der Waals surface area contributed by atoms with Gasteiger partial charge in [0.2, 0.25) is 15.7 Å². The van der Waals surface area contributed by atoms with Crippen molar-refractivity contribution in [1.82, 2.24) is 4.90 Å². The van der Waals surface area contributed by atoms with Gasteiger partial charge in [0.15, 0.2) is 9.84 Å². The normalized spacial score (nSPS) is 23.7. The fourth-order valence-electron chi connectivity index (χ4n) is 3.64. The molecule has 0 saturated carbocycles. The molecule has 1 aromatic rings. The van der Waals surface area contributed by atoms with Crippen molar-refractivity contribution < 1.29 is 26.0 Å². The van der Waals surface area contributed by atoms with Crippen molar-refractivity contribution in [3.05, 3.63) is 34.2 Å². The molecule has 0 aromatic heterocycles. The predicted molar refractivity (Wildman–Crippen MR) is 113 cm³/mol. The van der Waals surface area contributed by atoms with Crippen molar-refractivity contribution >= 4 is 42.8 Å². The molecule has 1 fully saturated rings. The quantitative estimate of drug-likeness (QED) is 0.660. The predicted octanol–water partition coefficient (Wildman–Crippen LogP) is 1.45. The molecule has 0 unspecified atom stereocenters. The molecule has 168 valence electrons. The number of rotatable bonds is 5. The molecule has 0 radical (unpaired) electrons. The highest BCUT2D eigenvalue weighted by molar-refractivity contribution is 7.95. The van der Waals surface area contributed by atoms with E-state index in [1.165, 1.54) is 32.0 Å². The number of nitrogens with zero attached hydrogens (tertiary/aromatic N) is 2. The monoisotopic (exact) mass is 489 g/mol. The van der Waals surface area contributed by atoms with E-state index in [4.69, 9.17) is 22.6 Å². The third kappa shape index (κ3) is 4.09. The summed E-state index contributed by atoms with van der Waals surface area (Å²) in [5.74, 6) is -1.54. The van der Waals surface area contributed by atoms with Crippen LogP contribution in [0.15, 0.2) is 28.5 Å². The lowest BCUT2D eigenvalue weighted by Crippen LogP contribution is -2.59. The first-order chi connectivity index (χ1) is 14.2. The molecule has 2 aliphatic heterocycles. The number of likely N-dealkylation sites (tertiary alicyclic amines) is 1. The minimum absolute atomic E-state index is 0.0186. The minimum Gasteiger partial charge on any atom is -0.322 e. The SMILES string of the molecule is CC(C)([C@H](N)C(=O)N1C[C@@H](F)C[C@H]1C#N)S(=O)(=O)CC1=CS(=O)(=O)c2ccc(Cl)cc21. The van der Waals surface area contributed by atoms with E-state index >= 15 is 0 Å². The Balaban J connectivity index is 1.91. The second-order valence-electron chi connectivity index (χ2n) is 8.14. The average molecular weight is 490 g/mol. The number of nitrogens with two attached hydrogens (primary N) is 1.